The molecule has 0 unspecified atom stereocenters. The number of methoxy groups -OCH3 is 1. The second-order valence-corrected chi connectivity index (χ2v) is 19.0. The summed E-state index contributed by atoms with van der Waals surface area (Å²) in [5.41, 5.74) is 1.71. The minimum Gasteiger partial charge on any atom is -0.496 e. The number of nitrogens with one attached hydrogen (secondary N) is 3. The van der Waals surface area contributed by atoms with Gasteiger partial charge in [-0.2, -0.15) is 0 Å². The van der Waals surface area contributed by atoms with Crippen LogP contribution in [0.15, 0.2) is 67.3 Å². The summed E-state index contributed by atoms with van der Waals surface area (Å²) < 4.78 is 40.8. The largest absolute Gasteiger partial charge is 0.496 e. The molecule has 314 valence electrons. The standard InChI is InChI=1S/C46H57N5O7S/c1-3-33-28-46(33,45(54)50-59(55,56)35-21-22-35)49-43(52)39-25-34-29-51(39)44(53)42(31-18-13-9-14-19-31)47-23-15-7-5-4-6-10-20-32-24-36-38(27-40(32)57-2)48-37(26-41(36)58-34)30-16-11-8-12-17-30/h3,8,10-12,16-17,20,24,26-27,31,33-35,39,42,47H,1,4-7,9,13-15,18-19,21-23,25,28-29H2,2H3,(H,49,52)(H,50,54)/b20-10-/t33-,34-,39+,42+,46-/m1/s1. The summed E-state index contributed by atoms with van der Waals surface area (Å²) in [7, 11) is -2.21. The third kappa shape index (κ3) is 8.92. The van der Waals surface area contributed by atoms with Crippen LogP contribution >= 0.6 is 0 Å². The molecule has 8 rings (SSSR count). The van der Waals surface area contributed by atoms with Crippen molar-refractivity contribution < 1.29 is 32.3 Å². The second kappa shape index (κ2) is 17.5. The van der Waals surface area contributed by atoms with Gasteiger partial charge in [-0.15, -0.1) is 6.58 Å². The van der Waals surface area contributed by atoms with Crippen LogP contribution in [0.5, 0.6) is 11.5 Å². The lowest BCUT2D eigenvalue weighted by Crippen LogP contribution is -2.59. The van der Waals surface area contributed by atoms with Gasteiger partial charge in [-0.3, -0.25) is 19.1 Å². The van der Waals surface area contributed by atoms with Crippen molar-refractivity contribution in [2.75, 3.05) is 20.2 Å². The minimum absolute atomic E-state index is 0.128. The average molecular weight is 824 g/mol. The number of ether oxygens (including phenoxy) is 2. The van der Waals surface area contributed by atoms with E-state index in [1.165, 1.54) is 0 Å². The van der Waals surface area contributed by atoms with Gasteiger partial charge in [0, 0.05) is 41.0 Å². The number of aromatic nitrogens is 1. The van der Waals surface area contributed by atoms with Crippen LogP contribution in [0, 0.1) is 11.8 Å². The number of fused-ring (bicyclic) bond motifs is 3. The molecule has 5 atom stereocenters. The number of allylic oxidation sites excluding steroid dienone is 1. The van der Waals surface area contributed by atoms with Crippen LogP contribution in [0.3, 0.4) is 0 Å². The molecule has 3 N–H and O–H groups in total. The van der Waals surface area contributed by atoms with Crippen molar-refractivity contribution in [1.82, 2.24) is 25.2 Å². The van der Waals surface area contributed by atoms with Gasteiger partial charge < -0.3 is 25.0 Å². The van der Waals surface area contributed by atoms with Gasteiger partial charge in [0.15, 0.2) is 0 Å². The molecule has 3 saturated carbocycles. The smallest absolute Gasteiger partial charge is 0.259 e. The Morgan fingerprint density at radius 2 is 1.78 bits per heavy atom. The highest BCUT2D eigenvalue weighted by molar-refractivity contribution is 7.91. The summed E-state index contributed by atoms with van der Waals surface area (Å²) >= 11 is 0. The molecule has 13 heteroatoms. The Hall–Kier alpha value is -4.75. The Morgan fingerprint density at radius 1 is 1.02 bits per heavy atom. The summed E-state index contributed by atoms with van der Waals surface area (Å²) in [6.07, 6.45) is 16.7. The van der Waals surface area contributed by atoms with Gasteiger partial charge in [0.05, 0.1) is 36.2 Å². The van der Waals surface area contributed by atoms with Crippen LogP contribution < -0.4 is 24.8 Å². The molecular formula is C46H57N5O7S. The van der Waals surface area contributed by atoms with Crippen LogP contribution in [0.4, 0.5) is 0 Å². The summed E-state index contributed by atoms with van der Waals surface area (Å²) in [6.45, 7) is 4.70. The van der Waals surface area contributed by atoms with E-state index in [9.17, 15) is 18.0 Å². The number of pyridine rings is 1. The van der Waals surface area contributed by atoms with Crippen LogP contribution in [0.1, 0.15) is 95.5 Å². The van der Waals surface area contributed by atoms with Crippen LogP contribution in [0.25, 0.3) is 28.2 Å². The zero-order valence-electron chi connectivity index (χ0n) is 34.0. The van der Waals surface area contributed by atoms with Crippen LogP contribution in [-0.2, 0) is 24.4 Å². The highest BCUT2D eigenvalue weighted by atomic mass is 32.2. The number of rotatable bonds is 9. The molecule has 4 fully saturated rings. The number of sulfonamides is 1. The fourth-order valence-electron chi connectivity index (χ4n) is 9.28. The normalized spacial score (nSPS) is 27.5. The molecule has 3 aromatic rings. The molecule has 3 amide bonds. The summed E-state index contributed by atoms with van der Waals surface area (Å²) in [5, 5.41) is 6.77. The number of amides is 3. The van der Waals surface area contributed by atoms with E-state index < -0.39 is 56.7 Å². The van der Waals surface area contributed by atoms with Crippen molar-refractivity contribution in [3.8, 4) is 22.8 Å². The first-order valence-electron chi connectivity index (χ1n) is 21.6. The first-order valence-corrected chi connectivity index (χ1v) is 23.1. The molecule has 2 aromatic carbocycles. The van der Waals surface area contributed by atoms with E-state index in [4.69, 9.17) is 14.5 Å². The SMILES string of the molecule is C=C[C@@H]1C[C@]1(NC(=O)[C@@H]1C[C@@H]2CN1C(=O)[C@H](C1CCCCC1)NCCCCCC/C=C\c1cc3c(cc(-c4ccccc4)nc3cc1OC)O2)C(=O)NS(=O)(=O)C1CC1. The highest BCUT2D eigenvalue weighted by Crippen LogP contribution is 2.46. The fourth-order valence-corrected chi connectivity index (χ4v) is 10.6. The van der Waals surface area contributed by atoms with Crippen molar-refractivity contribution >= 4 is 44.7 Å². The monoisotopic (exact) mass is 823 g/mol. The van der Waals surface area contributed by atoms with E-state index in [0.717, 1.165) is 80.7 Å². The predicted octanol–water partition coefficient (Wildman–Crippen LogP) is 6.44. The predicted molar refractivity (Wildman–Crippen MR) is 228 cm³/mol. The van der Waals surface area contributed by atoms with Crippen molar-refractivity contribution in [3.63, 3.8) is 0 Å². The lowest BCUT2D eigenvalue weighted by molar-refractivity contribution is -0.142. The van der Waals surface area contributed by atoms with Gasteiger partial charge in [0.1, 0.15) is 29.2 Å². The van der Waals surface area contributed by atoms with Gasteiger partial charge in [-0.25, -0.2) is 13.4 Å². The Balaban J connectivity index is 1.17. The van der Waals surface area contributed by atoms with E-state index in [0.29, 0.717) is 42.1 Å². The maximum atomic E-state index is 15.0. The maximum absolute atomic E-state index is 15.0. The van der Waals surface area contributed by atoms with Crippen LogP contribution in [0.2, 0.25) is 0 Å². The van der Waals surface area contributed by atoms with Gasteiger partial charge in [-0.1, -0.05) is 80.7 Å². The van der Waals surface area contributed by atoms with E-state index in [2.05, 4.69) is 34.1 Å². The van der Waals surface area contributed by atoms with Crippen molar-refractivity contribution in [2.24, 2.45) is 11.8 Å². The molecule has 1 saturated heterocycles. The molecule has 1 aromatic heterocycles. The minimum atomic E-state index is -3.86. The number of hydrogen-bond donors (Lipinski definition) is 3. The van der Waals surface area contributed by atoms with Gasteiger partial charge in [0.25, 0.3) is 5.91 Å². The molecule has 5 aliphatic rings. The number of carbonyl (C=O) groups is 3. The Kier molecular flexibility index (Phi) is 12.1. The summed E-state index contributed by atoms with van der Waals surface area (Å²) in [6, 6.07) is 14.3. The van der Waals surface area contributed by atoms with Gasteiger partial charge >= 0.3 is 0 Å². The Morgan fingerprint density at radius 3 is 2.51 bits per heavy atom. The molecule has 3 aliphatic carbocycles. The summed E-state index contributed by atoms with van der Waals surface area (Å²) in [5.74, 6) is -0.493. The van der Waals surface area contributed by atoms with Crippen LogP contribution in [-0.4, -0.2) is 85.2 Å². The highest BCUT2D eigenvalue weighted by Gasteiger charge is 2.62. The summed E-state index contributed by atoms with van der Waals surface area (Å²) in [4.78, 5) is 50.1. The van der Waals surface area contributed by atoms with Gasteiger partial charge in [-0.05, 0) is 69.9 Å². The topological polar surface area (TPSA) is 156 Å². The van der Waals surface area contributed by atoms with E-state index in [1.54, 1.807) is 18.1 Å². The lowest BCUT2D eigenvalue weighted by atomic mass is 9.83. The molecular weight excluding hydrogens is 767 g/mol. The molecule has 0 spiro atoms. The maximum Gasteiger partial charge on any atom is 0.259 e. The molecule has 0 radical (unpaired) electrons. The molecule has 12 nitrogen and oxygen atoms in total. The molecule has 59 heavy (non-hydrogen) atoms. The van der Waals surface area contributed by atoms with E-state index in [1.807, 2.05) is 48.5 Å². The van der Waals surface area contributed by atoms with Crippen molar-refractivity contribution in [2.45, 2.75) is 119 Å². The van der Waals surface area contributed by atoms with Gasteiger partial charge in [0.2, 0.25) is 21.8 Å². The first-order chi connectivity index (χ1) is 28.6. The Labute approximate surface area is 347 Å². The first kappa shape index (κ1) is 41.0. The van der Waals surface area contributed by atoms with E-state index in [-0.39, 0.29) is 31.2 Å². The van der Waals surface area contributed by atoms with Crippen molar-refractivity contribution in [1.29, 1.82) is 0 Å². The Bertz CT molecular complexity index is 2200. The lowest BCUT2D eigenvalue weighted by Gasteiger charge is -2.35. The molecule has 2 aliphatic heterocycles. The zero-order chi connectivity index (χ0) is 41.1. The fraction of sp³-hybridized carbons (Fsp3) is 0.522. The third-order valence-corrected chi connectivity index (χ3v) is 14.7. The average Bonchev–Trinajstić information content (AvgIpc) is 4.18. The number of hydrogen-bond acceptors (Lipinski definition) is 9. The second-order valence-electron chi connectivity index (χ2n) is 17.1. The molecule has 4 bridgehead atoms. The number of nitrogens with zero attached hydrogens (tertiary/aromatic N) is 2. The van der Waals surface area contributed by atoms with Crippen molar-refractivity contribution in [3.05, 3.63) is 72.8 Å². The quantitative estimate of drug-likeness (QED) is 0.207. The third-order valence-electron chi connectivity index (χ3n) is 12.9. The van der Waals surface area contributed by atoms with E-state index >= 15 is 4.79 Å². The number of carbonyl (C=O) groups excluding carboxylic acids is 3. The number of benzene rings is 2. The molecule has 3 heterocycles. The zero-order valence-corrected chi connectivity index (χ0v) is 34.8.